The van der Waals surface area contributed by atoms with E-state index in [1.165, 1.54) is 12.1 Å². The van der Waals surface area contributed by atoms with Crippen molar-refractivity contribution in [2.24, 2.45) is 0 Å². The number of nitro benzene ring substituents is 1. The summed E-state index contributed by atoms with van der Waals surface area (Å²) in [5.41, 5.74) is -0.708. The summed E-state index contributed by atoms with van der Waals surface area (Å²) >= 11 is 0. The zero-order valence-electron chi connectivity index (χ0n) is 10.4. The second kappa shape index (κ2) is 6.11. The summed E-state index contributed by atoms with van der Waals surface area (Å²) in [5, 5.41) is 31.7. The van der Waals surface area contributed by atoms with E-state index < -0.39 is 17.1 Å². The summed E-state index contributed by atoms with van der Waals surface area (Å²) in [5.74, 6) is 0. The molecule has 0 saturated carbocycles. The Morgan fingerprint density at radius 3 is 2.79 bits per heavy atom. The molecule has 1 unspecified atom stereocenters. The van der Waals surface area contributed by atoms with Gasteiger partial charge in [0.2, 0.25) is 0 Å². The molecular weight excluding hydrogens is 253 g/mol. The average Bonchev–Trinajstić information content (AvgIpc) is 2.39. The number of non-ortho nitro benzene ring substituents is 1. The lowest BCUT2D eigenvalue weighted by atomic mass is 9.98. The molecule has 7 heteroatoms. The Morgan fingerprint density at radius 1 is 1.63 bits per heavy atom. The lowest BCUT2D eigenvalue weighted by Gasteiger charge is -2.29. The largest absolute Gasteiger partial charge is 0.394 e. The number of aliphatic hydroxyl groups is 1. The number of halogens is 1. The molecule has 1 rings (SSSR count). The molecule has 19 heavy (non-hydrogen) atoms. The lowest BCUT2D eigenvalue weighted by Crippen LogP contribution is -2.39. The van der Waals surface area contributed by atoms with E-state index in [0.29, 0.717) is 5.69 Å². The van der Waals surface area contributed by atoms with Crippen LogP contribution in [0.3, 0.4) is 0 Å². The van der Waals surface area contributed by atoms with E-state index in [1.54, 1.807) is 6.92 Å². The third-order valence-electron chi connectivity index (χ3n) is 2.77. The van der Waals surface area contributed by atoms with E-state index in [-0.39, 0.29) is 24.3 Å². The van der Waals surface area contributed by atoms with Crippen LogP contribution < -0.4 is 5.32 Å². The van der Waals surface area contributed by atoms with Gasteiger partial charge >= 0.3 is 0 Å². The number of alkyl halides is 1. The number of anilines is 1. The molecule has 0 fully saturated rings. The number of benzene rings is 1. The minimum absolute atomic E-state index is 0.0609. The van der Waals surface area contributed by atoms with E-state index in [4.69, 9.17) is 5.26 Å². The molecule has 0 bridgehead atoms. The summed E-state index contributed by atoms with van der Waals surface area (Å²) in [7, 11) is 0. The fourth-order valence-electron chi connectivity index (χ4n) is 1.56. The molecular formula is C12H14FN3O3. The third kappa shape index (κ3) is 3.63. The summed E-state index contributed by atoms with van der Waals surface area (Å²) in [6.45, 7) is 0.660. The molecule has 1 aromatic carbocycles. The number of nitrogens with one attached hydrogen (secondary N) is 1. The highest BCUT2D eigenvalue weighted by Gasteiger charge is 2.24. The van der Waals surface area contributed by atoms with Gasteiger partial charge in [-0.3, -0.25) is 14.5 Å². The Kier molecular flexibility index (Phi) is 4.78. The molecule has 0 spiro atoms. The van der Waals surface area contributed by atoms with Crippen LogP contribution in [0.1, 0.15) is 18.9 Å². The van der Waals surface area contributed by atoms with Gasteiger partial charge in [-0.25, -0.2) is 0 Å². The Hall–Kier alpha value is -2.20. The van der Waals surface area contributed by atoms with Crippen LogP contribution in [-0.2, 0) is 0 Å². The SMILES string of the molecule is CC(CO)(CCF)Nc1ccc([N+](=O)[O-])cc1C#N. The molecule has 1 atom stereocenters. The van der Waals surface area contributed by atoms with E-state index in [9.17, 15) is 19.6 Å². The van der Waals surface area contributed by atoms with Crippen molar-refractivity contribution < 1.29 is 14.4 Å². The first-order valence-corrected chi connectivity index (χ1v) is 5.59. The molecule has 6 nitrogen and oxygen atoms in total. The van der Waals surface area contributed by atoms with E-state index >= 15 is 0 Å². The zero-order valence-corrected chi connectivity index (χ0v) is 10.4. The van der Waals surface area contributed by atoms with Crippen molar-refractivity contribution in [3.8, 4) is 6.07 Å². The van der Waals surface area contributed by atoms with Crippen molar-refractivity contribution in [2.45, 2.75) is 18.9 Å². The van der Waals surface area contributed by atoms with E-state index in [2.05, 4.69) is 5.32 Å². The molecule has 1 aromatic rings. The molecule has 102 valence electrons. The second-order valence-corrected chi connectivity index (χ2v) is 4.38. The maximum absolute atomic E-state index is 12.4. The normalized spacial score (nSPS) is 13.4. The molecule has 0 radical (unpaired) electrons. The van der Waals surface area contributed by atoms with Gasteiger partial charge in [0.05, 0.1) is 35.0 Å². The minimum atomic E-state index is -0.920. The highest BCUT2D eigenvalue weighted by Crippen LogP contribution is 2.25. The summed E-state index contributed by atoms with van der Waals surface area (Å²) < 4.78 is 12.4. The van der Waals surface area contributed by atoms with Gasteiger partial charge in [0.15, 0.2) is 0 Å². The van der Waals surface area contributed by atoms with Gasteiger partial charge in [-0.1, -0.05) is 0 Å². The predicted octanol–water partition coefficient (Wildman–Crippen LogP) is 1.99. The maximum Gasteiger partial charge on any atom is 0.270 e. The van der Waals surface area contributed by atoms with Gasteiger partial charge in [0, 0.05) is 18.6 Å². The topological polar surface area (TPSA) is 99.2 Å². The number of hydrogen-bond donors (Lipinski definition) is 2. The molecule has 0 heterocycles. The van der Waals surface area contributed by atoms with Gasteiger partial charge in [0.1, 0.15) is 6.07 Å². The van der Waals surface area contributed by atoms with E-state index in [0.717, 1.165) is 6.07 Å². The summed E-state index contributed by atoms with van der Waals surface area (Å²) in [6, 6.07) is 5.60. The zero-order chi connectivity index (χ0) is 14.5. The third-order valence-corrected chi connectivity index (χ3v) is 2.77. The van der Waals surface area contributed by atoms with Crippen LogP contribution in [0.5, 0.6) is 0 Å². The van der Waals surface area contributed by atoms with Gasteiger partial charge in [-0.15, -0.1) is 0 Å². The first kappa shape index (κ1) is 14.9. The first-order chi connectivity index (χ1) is 8.95. The van der Waals surface area contributed by atoms with Crippen LogP contribution in [-0.4, -0.2) is 28.9 Å². The van der Waals surface area contributed by atoms with Crippen molar-refractivity contribution >= 4 is 11.4 Å². The van der Waals surface area contributed by atoms with Gasteiger partial charge in [-0.05, 0) is 13.0 Å². The number of hydrogen-bond acceptors (Lipinski definition) is 5. The Bertz CT molecular complexity index is 515. The highest BCUT2D eigenvalue weighted by molar-refractivity contribution is 5.62. The summed E-state index contributed by atoms with van der Waals surface area (Å²) in [4.78, 5) is 10.0. The van der Waals surface area contributed by atoms with Gasteiger partial charge in [-0.2, -0.15) is 5.26 Å². The van der Waals surface area contributed by atoms with E-state index in [1.807, 2.05) is 6.07 Å². The fourth-order valence-corrected chi connectivity index (χ4v) is 1.56. The van der Waals surface area contributed by atoms with Crippen LogP contribution in [0.4, 0.5) is 15.8 Å². The van der Waals surface area contributed by atoms with Crippen LogP contribution >= 0.6 is 0 Å². The Morgan fingerprint density at radius 2 is 2.32 bits per heavy atom. The van der Waals surface area contributed by atoms with Crippen molar-refractivity contribution in [3.05, 3.63) is 33.9 Å². The molecule has 2 N–H and O–H groups in total. The predicted molar refractivity (Wildman–Crippen MR) is 67.5 cm³/mol. The van der Waals surface area contributed by atoms with Crippen LogP contribution in [0.25, 0.3) is 0 Å². The Balaban J connectivity index is 3.08. The van der Waals surface area contributed by atoms with Crippen molar-refractivity contribution in [2.75, 3.05) is 18.6 Å². The highest BCUT2D eigenvalue weighted by atomic mass is 19.1. The smallest absolute Gasteiger partial charge is 0.270 e. The molecule has 0 aliphatic heterocycles. The van der Waals surface area contributed by atoms with Crippen molar-refractivity contribution in [1.29, 1.82) is 5.26 Å². The molecule has 0 aromatic heterocycles. The van der Waals surface area contributed by atoms with Crippen LogP contribution in [0, 0.1) is 21.4 Å². The number of nitrogens with zero attached hydrogens (tertiary/aromatic N) is 2. The monoisotopic (exact) mass is 267 g/mol. The average molecular weight is 267 g/mol. The Labute approximate surface area is 109 Å². The number of nitriles is 1. The van der Waals surface area contributed by atoms with Gasteiger partial charge < -0.3 is 10.4 Å². The van der Waals surface area contributed by atoms with Crippen LogP contribution in [0.2, 0.25) is 0 Å². The number of aliphatic hydroxyl groups excluding tert-OH is 1. The lowest BCUT2D eigenvalue weighted by molar-refractivity contribution is -0.384. The van der Waals surface area contributed by atoms with Gasteiger partial charge in [0.25, 0.3) is 5.69 Å². The molecule has 0 saturated heterocycles. The van der Waals surface area contributed by atoms with Crippen molar-refractivity contribution in [3.63, 3.8) is 0 Å². The number of nitro groups is 1. The standard InChI is InChI=1S/C12H14FN3O3/c1-12(8-17,4-5-13)15-11-3-2-10(16(18)19)6-9(11)7-14/h2-3,6,15,17H,4-5,8H2,1H3. The summed E-state index contributed by atoms with van der Waals surface area (Å²) in [6.07, 6.45) is 0.0609. The van der Waals surface area contributed by atoms with Crippen molar-refractivity contribution in [1.82, 2.24) is 0 Å². The molecule has 0 aliphatic carbocycles. The minimum Gasteiger partial charge on any atom is -0.394 e. The molecule has 0 amide bonds. The quantitative estimate of drug-likeness (QED) is 0.606. The number of rotatable bonds is 6. The maximum atomic E-state index is 12.4. The first-order valence-electron chi connectivity index (χ1n) is 5.59. The van der Waals surface area contributed by atoms with Crippen LogP contribution in [0.15, 0.2) is 18.2 Å². The fraction of sp³-hybridized carbons (Fsp3) is 0.417. The second-order valence-electron chi connectivity index (χ2n) is 4.38. The molecule has 0 aliphatic rings.